The molecule has 0 spiro atoms. The summed E-state index contributed by atoms with van der Waals surface area (Å²) >= 11 is 0. The van der Waals surface area contributed by atoms with Crippen LogP contribution in [-0.2, 0) is 6.61 Å². The molecule has 3 rings (SSSR count). The van der Waals surface area contributed by atoms with Crippen LogP contribution in [0.3, 0.4) is 0 Å². The van der Waals surface area contributed by atoms with Crippen LogP contribution in [0.2, 0.25) is 0 Å². The van der Waals surface area contributed by atoms with Crippen LogP contribution < -0.4 is 4.74 Å². The van der Waals surface area contributed by atoms with Crippen molar-refractivity contribution in [3.05, 3.63) is 78.0 Å². The molecule has 0 aliphatic heterocycles. The lowest BCUT2D eigenvalue weighted by Crippen LogP contribution is -2.21. The summed E-state index contributed by atoms with van der Waals surface area (Å²) in [4.78, 5) is 13.4. The minimum atomic E-state index is -0.374. The summed E-state index contributed by atoms with van der Waals surface area (Å²) in [7, 11) is 3.42. The van der Waals surface area contributed by atoms with Gasteiger partial charge in [-0.05, 0) is 41.5 Å². The lowest BCUT2D eigenvalue weighted by Gasteiger charge is -2.11. The monoisotopic (exact) mass is 339 g/mol. The van der Waals surface area contributed by atoms with Gasteiger partial charge in [0.2, 0.25) is 0 Å². The number of hydrogen-bond acceptors (Lipinski definition) is 3. The van der Waals surface area contributed by atoms with Crippen LogP contribution in [0.25, 0.3) is 11.1 Å². The summed E-state index contributed by atoms with van der Waals surface area (Å²) in [6.07, 6.45) is 3.09. The van der Waals surface area contributed by atoms with Crippen LogP contribution in [0.4, 0.5) is 4.39 Å². The summed E-state index contributed by atoms with van der Waals surface area (Å²) < 4.78 is 24.5. The van der Waals surface area contributed by atoms with E-state index in [-0.39, 0.29) is 18.3 Å². The van der Waals surface area contributed by atoms with Crippen LogP contribution in [-0.4, -0.2) is 24.9 Å². The fourth-order valence-corrected chi connectivity index (χ4v) is 2.41. The molecule has 0 unspecified atom stereocenters. The van der Waals surface area contributed by atoms with E-state index >= 15 is 0 Å². The molecule has 0 aliphatic rings. The molecule has 3 aromatic rings. The molecule has 0 saturated heterocycles. The third-order valence-electron chi connectivity index (χ3n) is 3.74. The zero-order valence-corrected chi connectivity index (χ0v) is 14.0. The second-order valence-corrected chi connectivity index (χ2v) is 5.87. The molecule has 0 radical (unpaired) electrons. The highest BCUT2D eigenvalue weighted by Gasteiger charge is 2.08. The summed E-state index contributed by atoms with van der Waals surface area (Å²) in [5, 5.41) is 0. The Bertz CT molecular complexity index is 855. The summed E-state index contributed by atoms with van der Waals surface area (Å²) in [6, 6.07) is 13.5. The Labute approximate surface area is 145 Å². The molecule has 0 atom stereocenters. The molecule has 25 heavy (non-hydrogen) atoms. The summed E-state index contributed by atoms with van der Waals surface area (Å²) in [5.41, 5.74) is 2.98. The zero-order chi connectivity index (χ0) is 17.8. The van der Waals surface area contributed by atoms with Crippen molar-refractivity contribution < 1.29 is 18.3 Å². The Kier molecular flexibility index (Phi) is 4.84. The van der Waals surface area contributed by atoms with Crippen molar-refractivity contribution >= 4 is 5.91 Å². The van der Waals surface area contributed by atoms with Gasteiger partial charge in [0.15, 0.2) is 0 Å². The van der Waals surface area contributed by atoms with E-state index in [9.17, 15) is 9.18 Å². The Morgan fingerprint density at radius 3 is 2.48 bits per heavy atom. The lowest BCUT2D eigenvalue weighted by molar-refractivity contribution is 0.0827. The third-order valence-corrected chi connectivity index (χ3v) is 3.74. The second-order valence-electron chi connectivity index (χ2n) is 5.87. The average molecular weight is 339 g/mol. The van der Waals surface area contributed by atoms with E-state index in [1.54, 1.807) is 44.6 Å². The molecule has 4 nitrogen and oxygen atoms in total. The highest BCUT2D eigenvalue weighted by molar-refractivity contribution is 5.93. The van der Waals surface area contributed by atoms with Crippen LogP contribution in [0.15, 0.2) is 65.5 Å². The van der Waals surface area contributed by atoms with Crippen molar-refractivity contribution in [2.75, 3.05) is 14.1 Å². The molecular formula is C20H18FNO3. The van der Waals surface area contributed by atoms with Gasteiger partial charge in [-0.25, -0.2) is 4.39 Å². The number of carbonyl (C=O) groups excluding carboxylic acids is 1. The smallest absolute Gasteiger partial charge is 0.253 e. The first kappa shape index (κ1) is 16.8. The van der Waals surface area contributed by atoms with Crippen LogP contribution in [0, 0.1) is 5.82 Å². The zero-order valence-electron chi connectivity index (χ0n) is 14.0. The molecule has 1 heterocycles. The van der Waals surface area contributed by atoms with Crippen LogP contribution >= 0.6 is 0 Å². The molecule has 2 aromatic carbocycles. The normalized spacial score (nSPS) is 10.5. The van der Waals surface area contributed by atoms with Gasteiger partial charge in [0, 0.05) is 31.3 Å². The van der Waals surface area contributed by atoms with E-state index < -0.39 is 0 Å². The molecule has 128 valence electrons. The maximum absolute atomic E-state index is 13.8. The van der Waals surface area contributed by atoms with Gasteiger partial charge in [-0.15, -0.1) is 0 Å². The number of hydrogen-bond donors (Lipinski definition) is 0. The second kappa shape index (κ2) is 7.21. The van der Waals surface area contributed by atoms with Crippen molar-refractivity contribution in [1.82, 2.24) is 4.90 Å². The first-order chi connectivity index (χ1) is 12.0. The molecule has 0 fully saturated rings. The first-order valence-corrected chi connectivity index (χ1v) is 7.79. The van der Waals surface area contributed by atoms with Gasteiger partial charge in [0.05, 0.1) is 12.5 Å². The average Bonchev–Trinajstić information content (AvgIpc) is 3.14. The maximum atomic E-state index is 13.8. The quantitative estimate of drug-likeness (QED) is 0.693. The molecule has 0 bridgehead atoms. The Hall–Kier alpha value is -3.08. The maximum Gasteiger partial charge on any atom is 0.253 e. The predicted octanol–water partition coefficient (Wildman–Crippen LogP) is 4.37. The van der Waals surface area contributed by atoms with Gasteiger partial charge in [-0.3, -0.25) is 4.79 Å². The Morgan fingerprint density at radius 1 is 1.08 bits per heavy atom. The molecule has 0 saturated carbocycles. The lowest BCUT2D eigenvalue weighted by atomic mass is 10.1. The fourth-order valence-electron chi connectivity index (χ4n) is 2.41. The molecule has 1 aromatic heterocycles. The van der Waals surface area contributed by atoms with Crippen molar-refractivity contribution in [2.24, 2.45) is 0 Å². The van der Waals surface area contributed by atoms with Crippen molar-refractivity contribution in [3.8, 4) is 16.9 Å². The van der Waals surface area contributed by atoms with Crippen molar-refractivity contribution in [1.29, 1.82) is 0 Å². The number of furan rings is 1. The van der Waals surface area contributed by atoms with E-state index in [4.69, 9.17) is 9.15 Å². The number of ether oxygens (including phenoxy) is 1. The van der Waals surface area contributed by atoms with Gasteiger partial charge in [0.1, 0.15) is 18.2 Å². The summed E-state index contributed by atoms with van der Waals surface area (Å²) in [6.45, 7) is 0.282. The van der Waals surface area contributed by atoms with Gasteiger partial charge >= 0.3 is 0 Å². The number of rotatable bonds is 5. The predicted molar refractivity (Wildman–Crippen MR) is 92.9 cm³/mol. The highest BCUT2D eigenvalue weighted by atomic mass is 19.1. The van der Waals surface area contributed by atoms with Gasteiger partial charge in [0.25, 0.3) is 5.91 Å². The van der Waals surface area contributed by atoms with E-state index in [0.29, 0.717) is 16.9 Å². The van der Waals surface area contributed by atoms with Gasteiger partial charge in [-0.1, -0.05) is 12.1 Å². The molecule has 5 heteroatoms. The van der Waals surface area contributed by atoms with Crippen molar-refractivity contribution in [2.45, 2.75) is 6.61 Å². The topological polar surface area (TPSA) is 42.7 Å². The fraction of sp³-hybridized carbons (Fsp3) is 0.150. The number of nitrogens with zero attached hydrogens (tertiary/aromatic N) is 1. The molecule has 1 amide bonds. The number of halogens is 1. The van der Waals surface area contributed by atoms with E-state index in [1.165, 1.54) is 23.3 Å². The van der Waals surface area contributed by atoms with Gasteiger partial charge < -0.3 is 14.1 Å². The number of benzene rings is 2. The largest absolute Gasteiger partial charge is 0.489 e. The van der Waals surface area contributed by atoms with Crippen LogP contribution in [0.5, 0.6) is 5.75 Å². The van der Waals surface area contributed by atoms with E-state index in [0.717, 1.165) is 11.1 Å². The first-order valence-electron chi connectivity index (χ1n) is 7.79. The molecular weight excluding hydrogens is 321 g/mol. The Morgan fingerprint density at radius 2 is 1.84 bits per heavy atom. The van der Waals surface area contributed by atoms with E-state index in [2.05, 4.69) is 0 Å². The van der Waals surface area contributed by atoms with Crippen molar-refractivity contribution in [3.63, 3.8) is 0 Å². The molecule has 0 N–H and O–H groups in total. The minimum absolute atomic E-state index is 0.0534. The van der Waals surface area contributed by atoms with Gasteiger partial charge in [-0.2, -0.15) is 0 Å². The number of amides is 1. The number of carbonyl (C=O) groups is 1. The third kappa shape index (κ3) is 4.07. The SMILES string of the molecule is CN(C)C(=O)c1ccc(COc2cc(F)cc(-c3ccoc3)c2)cc1. The highest BCUT2D eigenvalue weighted by Crippen LogP contribution is 2.26. The summed E-state index contributed by atoms with van der Waals surface area (Å²) in [5.74, 6) is 0.00706. The minimum Gasteiger partial charge on any atom is -0.489 e. The van der Waals surface area contributed by atoms with E-state index in [1.807, 2.05) is 12.1 Å². The van der Waals surface area contributed by atoms with Crippen LogP contribution in [0.1, 0.15) is 15.9 Å². The standard InChI is InChI=1S/C20H18FNO3/c1-22(2)20(23)15-5-3-14(4-6-15)12-25-19-10-17(9-18(21)11-19)16-7-8-24-13-16/h3-11,13H,12H2,1-2H3. The Balaban J connectivity index is 1.70. The molecule has 0 aliphatic carbocycles.